The Hall–Kier alpha value is -2.30. The number of aryl methyl sites for hydroxylation is 1. The van der Waals surface area contributed by atoms with Crippen LogP contribution in [-0.4, -0.2) is 29.1 Å². The van der Waals surface area contributed by atoms with Crippen LogP contribution in [0.2, 0.25) is 0 Å². The first-order chi connectivity index (χ1) is 14.2. The molecule has 30 heavy (non-hydrogen) atoms. The molecule has 0 atom stereocenters. The van der Waals surface area contributed by atoms with E-state index in [1.165, 1.54) is 31.2 Å². The summed E-state index contributed by atoms with van der Waals surface area (Å²) >= 11 is 0. The van der Waals surface area contributed by atoms with Crippen LogP contribution in [-0.2, 0) is 6.42 Å². The predicted octanol–water partition coefficient (Wildman–Crippen LogP) is 5.33. The Bertz CT molecular complexity index is 871. The second kappa shape index (κ2) is 9.23. The van der Waals surface area contributed by atoms with Gasteiger partial charge in [-0.1, -0.05) is 46.6 Å². The molecule has 1 aliphatic carbocycles. The summed E-state index contributed by atoms with van der Waals surface area (Å²) < 4.78 is 7.61. The Kier molecular flexibility index (Phi) is 6.89. The van der Waals surface area contributed by atoms with Gasteiger partial charge in [0.15, 0.2) is 0 Å². The van der Waals surface area contributed by atoms with Crippen LogP contribution in [0.5, 0.6) is 5.75 Å². The van der Waals surface area contributed by atoms with Crippen LogP contribution in [0.25, 0.3) is 5.69 Å². The molecule has 1 saturated carbocycles. The van der Waals surface area contributed by atoms with Crippen molar-refractivity contribution >= 4 is 5.91 Å². The number of amides is 1. The minimum Gasteiger partial charge on any atom is -0.495 e. The highest BCUT2D eigenvalue weighted by atomic mass is 16.5. The van der Waals surface area contributed by atoms with Crippen molar-refractivity contribution < 1.29 is 9.53 Å². The van der Waals surface area contributed by atoms with E-state index < -0.39 is 0 Å². The fraction of sp³-hybridized carbons (Fsp3) is 0.600. The number of hydrogen-bond acceptors (Lipinski definition) is 3. The molecule has 1 fully saturated rings. The number of carbonyl (C=O) groups excluding carboxylic acids is 1. The fourth-order valence-electron chi connectivity index (χ4n) is 4.33. The van der Waals surface area contributed by atoms with E-state index in [1.807, 2.05) is 17.7 Å². The third-order valence-electron chi connectivity index (χ3n) is 6.04. The predicted molar refractivity (Wildman–Crippen MR) is 121 cm³/mol. The van der Waals surface area contributed by atoms with Gasteiger partial charge in [-0.15, -0.1) is 0 Å². The lowest BCUT2D eigenvalue weighted by atomic mass is 9.83. The molecule has 5 heteroatoms. The number of nitrogens with one attached hydrogen (secondary N) is 1. The van der Waals surface area contributed by atoms with Gasteiger partial charge in [0.1, 0.15) is 17.3 Å². The van der Waals surface area contributed by atoms with Crippen molar-refractivity contribution in [1.82, 2.24) is 14.9 Å². The van der Waals surface area contributed by atoms with Gasteiger partial charge in [-0.05, 0) is 61.1 Å². The van der Waals surface area contributed by atoms with Crippen molar-refractivity contribution in [3.63, 3.8) is 0 Å². The standard InChI is InChI=1S/C25H37N3O2/c1-17-7-9-19(10-8-17)15-26-24(29)21-16-28(18(2)27-21)22-12-11-20(13-23(22)30-6)14-25(3,4)5/h11-13,16-17,19H,7-10,14-15H2,1-6H3,(H,26,29). The Morgan fingerprint density at radius 3 is 2.57 bits per heavy atom. The average molecular weight is 412 g/mol. The Labute approximate surface area is 181 Å². The number of nitrogens with zero attached hydrogens (tertiary/aromatic N) is 2. The van der Waals surface area contributed by atoms with Crippen LogP contribution in [0.15, 0.2) is 24.4 Å². The van der Waals surface area contributed by atoms with E-state index in [-0.39, 0.29) is 11.3 Å². The molecule has 1 aliphatic rings. The zero-order valence-corrected chi connectivity index (χ0v) is 19.4. The highest BCUT2D eigenvalue weighted by Gasteiger charge is 2.21. The van der Waals surface area contributed by atoms with E-state index in [0.29, 0.717) is 11.6 Å². The van der Waals surface area contributed by atoms with Crippen LogP contribution in [0.4, 0.5) is 0 Å². The second-order valence-corrected chi connectivity index (χ2v) is 10.1. The van der Waals surface area contributed by atoms with Gasteiger partial charge in [0.05, 0.1) is 12.8 Å². The molecule has 164 valence electrons. The fourth-order valence-corrected chi connectivity index (χ4v) is 4.33. The molecule has 1 amide bonds. The number of rotatable bonds is 6. The molecule has 1 heterocycles. The summed E-state index contributed by atoms with van der Waals surface area (Å²) in [5.41, 5.74) is 2.80. The molecule has 0 bridgehead atoms. The van der Waals surface area contributed by atoms with Crippen LogP contribution in [0.3, 0.4) is 0 Å². The Morgan fingerprint density at radius 2 is 1.93 bits per heavy atom. The quantitative estimate of drug-likeness (QED) is 0.698. The minimum atomic E-state index is -0.0983. The summed E-state index contributed by atoms with van der Waals surface area (Å²) in [4.78, 5) is 17.2. The molecular formula is C25H37N3O2. The van der Waals surface area contributed by atoms with Crippen molar-refractivity contribution in [2.45, 2.75) is 66.7 Å². The molecular weight excluding hydrogens is 374 g/mol. The van der Waals surface area contributed by atoms with Crippen LogP contribution >= 0.6 is 0 Å². The van der Waals surface area contributed by atoms with Crippen molar-refractivity contribution in [2.75, 3.05) is 13.7 Å². The van der Waals surface area contributed by atoms with Gasteiger partial charge in [0.2, 0.25) is 0 Å². The van der Waals surface area contributed by atoms with E-state index in [9.17, 15) is 4.79 Å². The van der Waals surface area contributed by atoms with Crippen LogP contribution < -0.4 is 10.1 Å². The number of aromatic nitrogens is 2. The summed E-state index contributed by atoms with van der Waals surface area (Å²) in [7, 11) is 1.69. The normalized spacial score (nSPS) is 19.5. The minimum absolute atomic E-state index is 0.0983. The van der Waals surface area contributed by atoms with Gasteiger partial charge in [0.25, 0.3) is 5.91 Å². The third-order valence-corrected chi connectivity index (χ3v) is 6.04. The lowest BCUT2D eigenvalue weighted by molar-refractivity contribution is 0.0937. The van der Waals surface area contributed by atoms with Gasteiger partial charge in [-0.3, -0.25) is 9.36 Å². The average Bonchev–Trinajstić information content (AvgIpc) is 3.07. The van der Waals surface area contributed by atoms with Crippen molar-refractivity contribution in [1.29, 1.82) is 0 Å². The van der Waals surface area contributed by atoms with Gasteiger partial charge in [0, 0.05) is 12.7 Å². The maximum absolute atomic E-state index is 12.7. The molecule has 1 aromatic heterocycles. The molecule has 1 aromatic carbocycles. The van der Waals surface area contributed by atoms with Crippen molar-refractivity contribution in [2.24, 2.45) is 17.3 Å². The molecule has 2 aromatic rings. The Balaban J connectivity index is 1.73. The van der Waals surface area contributed by atoms with Crippen LogP contribution in [0, 0.1) is 24.2 Å². The van der Waals surface area contributed by atoms with E-state index in [1.54, 1.807) is 7.11 Å². The van der Waals surface area contributed by atoms with Gasteiger partial charge in [-0.2, -0.15) is 0 Å². The summed E-state index contributed by atoms with van der Waals surface area (Å²) in [5, 5.41) is 3.09. The zero-order chi connectivity index (χ0) is 21.9. The van der Waals surface area contributed by atoms with Gasteiger partial charge < -0.3 is 10.1 Å². The number of carbonyl (C=O) groups is 1. The smallest absolute Gasteiger partial charge is 0.271 e. The zero-order valence-electron chi connectivity index (χ0n) is 19.4. The number of methoxy groups -OCH3 is 1. The molecule has 3 rings (SSSR count). The van der Waals surface area contributed by atoms with Gasteiger partial charge >= 0.3 is 0 Å². The third kappa shape index (κ3) is 5.65. The summed E-state index contributed by atoms with van der Waals surface area (Å²) in [6.07, 6.45) is 7.72. The highest BCUT2D eigenvalue weighted by molar-refractivity contribution is 5.92. The largest absolute Gasteiger partial charge is 0.495 e. The highest BCUT2D eigenvalue weighted by Crippen LogP contribution is 2.30. The van der Waals surface area contributed by atoms with Crippen molar-refractivity contribution in [3.8, 4) is 11.4 Å². The molecule has 1 N–H and O–H groups in total. The first-order valence-electron chi connectivity index (χ1n) is 11.2. The molecule has 0 radical (unpaired) electrons. The van der Waals surface area contributed by atoms with E-state index in [4.69, 9.17) is 4.74 Å². The SMILES string of the molecule is COc1cc(CC(C)(C)C)ccc1-n1cc(C(=O)NCC2CCC(C)CC2)nc1C. The number of benzene rings is 1. The molecule has 0 spiro atoms. The first-order valence-corrected chi connectivity index (χ1v) is 11.2. The lowest BCUT2D eigenvalue weighted by Crippen LogP contribution is -2.31. The Morgan fingerprint density at radius 1 is 1.23 bits per heavy atom. The van der Waals surface area contributed by atoms with Crippen LogP contribution in [0.1, 0.15) is 75.3 Å². The summed E-state index contributed by atoms with van der Waals surface area (Å²) in [6.45, 7) is 11.7. The summed E-state index contributed by atoms with van der Waals surface area (Å²) in [6, 6.07) is 6.27. The maximum atomic E-state index is 12.7. The summed E-state index contributed by atoms with van der Waals surface area (Å²) in [5.74, 6) is 2.87. The molecule has 5 nitrogen and oxygen atoms in total. The molecule has 0 unspecified atom stereocenters. The topological polar surface area (TPSA) is 56.1 Å². The number of ether oxygens (including phenoxy) is 1. The van der Waals surface area contributed by atoms with Gasteiger partial charge in [-0.25, -0.2) is 4.98 Å². The first kappa shape index (κ1) is 22.4. The number of imidazole rings is 1. The molecule has 0 aliphatic heterocycles. The van der Waals surface area contributed by atoms with E-state index in [0.717, 1.165) is 36.1 Å². The van der Waals surface area contributed by atoms with E-state index in [2.05, 4.69) is 56.2 Å². The van der Waals surface area contributed by atoms with E-state index >= 15 is 0 Å². The molecule has 0 saturated heterocycles. The maximum Gasteiger partial charge on any atom is 0.271 e. The lowest BCUT2D eigenvalue weighted by Gasteiger charge is -2.26. The van der Waals surface area contributed by atoms with Crippen molar-refractivity contribution in [3.05, 3.63) is 41.5 Å². The monoisotopic (exact) mass is 411 g/mol. The second-order valence-electron chi connectivity index (χ2n) is 10.1. The number of hydrogen-bond donors (Lipinski definition) is 1.